The normalized spacial score (nSPS) is 21.5. The van der Waals surface area contributed by atoms with Gasteiger partial charge in [-0.05, 0) is 24.8 Å². The van der Waals surface area contributed by atoms with Crippen LogP contribution < -0.4 is 0 Å². The number of carbonyl (C=O) groups is 1. The van der Waals surface area contributed by atoms with Crippen molar-refractivity contribution in [3.05, 3.63) is 11.1 Å². The van der Waals surface area contributed by atoms with Gasteiger partial charge in [0.05, 0.1) is 0 Å². The highest BCUT2D eigenvalue weighted by atomic mass is 35.5. The number of hydrogen-bond donors (Lipinski definition) is 0. The maximum absolute atomic E-state index is 10.0. The van der Waals surface area contributed by atoms with Gasteiger partial charge in [-0.1, -0.05) is 24.4 Å². The van der Waals surface area contributed by atoms with Gasteiger partial charge in [-0.2, -0.15) is 0 Å². The van der Waals surface area contributed by atoms with Crippen molar-refractivity contribution in [2.24, 2.45) is 5.92 Å². The molecule has 0 atom stereocenters. The van der Waals surface area contributed by atoms with E-state index in [0.717, 1.165) is 24.2 Å². The van der Waals surface area contributed by atoms with Crippen LogP contribution in [0.4, 0.5) is 0 Å². The van der Waals surface area contributed by atoms with Gasteiger partial charge in [0.1, 0.15) is 6.29 Å². The van der Waals surface area contributed by atoms with Crippen LogP contribution in [-0.4, -0.2) is 6.29 Å². The minimum Gasteiger partial charge on any atom is -0.299 e. The highest BCUT2D eigenvalue weighted by molar-refractivity contribution is 6.30. The zero-order chi connectivity index (χ0) is 7.40. The molecule has 0 aliphatic heterocycles. The van der Waals surface area contributed by atoms with E-state index in [-0.39, 0.29) is 0 Å². The third-order valence-corrected chi connectivity index (χ3v) is 2.41. The maximum atomic E-state index is 10.0. The van der Waals surface area contributed by atoms with E-state index in [1.54, 1.807) is 0 Å². The van der Waals surface area contributed by atoms with Crippen LogP contribution in [0.25, 0.3) is 0 Å². The summed E-state index contributed by atoms with van der Waals surface area (Å²) in [6.07, 6.45) is 7.06. The first-order valence-corrected chi connectivity index (χ1v) is 4.03. The van der Waals surface area contributed by atoms with Crippen molar-refractivity contribution in [1.29, 1.82) is 0 Å². The van der Waals surface area contributed by atoms with E-state index in [1.807, 2.05) is 0 Å². The Labute approximate surface area is 66.1 Å². The molecule has 10 heavy (non-hydrogen) atoms. The Bertz CT molecular complexity index is 145. The van der Waals surface area contributed by atoms with Gasteiger partial charge in [0.2, 0.25) is 0 Å². The second-order valence-corrected chi connectivity index (χ2v) is 3.11. The Morgan fingerprint density at radius 3 is 2.50 bits per heavy atom. The average Bonchev–Trinajstić information content (AvgIpc) is 2.38. The molecule has 0 aromatic carbocycles. The Balaban J connectivity index is 2.46. The van der Waals surface area contributed by atoms with Crippen LogP contribution in [0.3, 0.4) is 0 Å². The molecule has 1 aliphatic rings. The highest BCUT2D eigenvalue weighted by Gasteiger charge is 2.17. The van der Waals surface area contributed by atoms with Crippen LogP contribution in [0.1, 0.15) is 25.7 Å². The molecule has 1 nitrogen and oxygen atoms in total. The van der Waals surface area contributed by atoms with Crippen molar-refractivity contribution < 1.29 is 4.79 Å². The molecule has 0 saturated heterocycles. The summed E-state index contributed by atoms with van der Waals surface area (Å²) < 4.78 is 0. The second kappa shape index (κ2) is 3.77. The van der Waals surface area contributed by atoms with Gasteiger partial charge >= 0.3 is 0 Å². The van der Waals surface area contributed by atoms with Gasteiger partial charge in [-0.15, -0.1) is 0 Å². The minimum atomic E-state index is 0.479. The lowest BCUT2D eigenvalue weighted by atomic mass is 10.1. The predicted molar refractivity (Wildman–Crippen MR) is 42.0 cm³/mol. The predicted octanol–water partition coefficient (Wildman–Crippen LogP) is 2.50. The third-order valence-electron chi connectivity index (χ3n) is 1.97. The fraction of sp³-hybridized carbons (Fsp3) is 0.625. The van der Waals surface area contributed by atoms with Crippen LogP contribution in [0, 0.1) is 5.92 Å². The van der Waals surface area contributed by atoms with Crippen LogP contribution in [-0.2, 0) is 4.79 Å². The average molecular weight is 159 g/mol. The molecule has 1 fully saturated rings. The van der Waals surface area contributed by atoms with Gasteiger partial charge < -0.3 is 0 Å². The Hall–Kier alpha value is -0.300. The quantitative estimate of drug-likeness (QED) is 0.446. The van der Waals surface area contributed by atoms with Crippen molar-refractivity contribution in [3.8, 4) is 0 Å². The van der Waals surface area contributed by atoms with E-state index >= 15 is 0 Å². The van der Waals surface area contributed by atoms with Crippen molar-refractivity contribution in [1.82, 2.24) is 0 Å². The molecule has 0 amide bonds. The topological polar surface area (TPSA) is 17.1 Å². The first-order chi connectivity index (χ1) is 4.84. The summed E-state index contributed by atoms with van der Waals surface area (Å²) >= 11 is 5.82. The molecular weight excluding hydrogens is 148 g/mol. The van der Waals surface area contributed by atoms with Crippen LogP contribution in [0.2, 0.25) is 0 Å². The molecule has 2 heteroatoms. The Morgan fingerprint density at radius 2 is 2.00 bits per heavy atom. The summed E-state index contributed by atoms with van der Waals surface area (Å²) in [6.45, 7) is 0. The van der Waals surface area contributed by atoms with Gasteiger partial charge in [-0.3, -0.25) is 4.79 Å². The van der Waals surface area contributed by atoms with E-state index in [4.69, 9.17) is 11.6 Å². The summed E-state index contributed by atoms with van der Waals surface area (Å²) in [5, 5.41) is 0.743. The summed E-state index contributed by atoms with van der Waals surface area (Å²) in [7, 11) is 0. The van der Waals surface area contributed by atoms with E-state index in [0.29, 0.717) is 5.92 Å². The van der Waals surface area contributed by atoms with E-state index in [1.165, 1.54) is 18.9 Å². The molecule has 0 heterocycles. The lowest BCUT2D eigenvalue weighted by molar-refractivity contribution is -0.104. The summed E-state index contributed by atoms with van der Waals surface area (Å²) in [6, 6.07) is 0. The molecule has 1 aliphatic carbocycles. The molecule has 0 unspecified atom stereocenters. The highest BCUT2D eigenvalue weighted by Crippen LogP contribution is 2.32. The van der Waals surface area contributed by atoms with Gasteiger partial charge in [-0.25, -0.2) is 0 Å². The number of rotatable bonds is 2. The summed E-state index contributed by atoms with van der Waals surface area (Å²) in [4.78, 5) is 10.0. The summed E-state index contributed by atoms with van der Waals surface area (Å²) in [5.41, 5.74) is 0. The molecule has 0 spiro atoms. The van der Waals surface area contributed by atoms with Gasteiger partial charge in [0.25, 0.3) is 0 Å². The lowest BCUT2D eigenvalue weighted by Crippen LogP contribution is -1.91. The number of halogens is 1. The summed E-state index contributed by atoms with van der Waals surface area (Å²) in [5.74, 6) is 0.479. The molecule has 1 rings (SSSR count). The molecule has 0 N–H and O–H groups in total. The van der Waals surface area contributed by atoms with Crippen LogP contribution >= 0.6 is 11.6 Å². The largest absolute Gasteiger partial charge is 0.299 e. The molecule has 0 aromatic heterocycles. The SMILES string of the molecule is O=C/C=C(/Cl)C1CCCC1. The van der Waals surface area contributed by atoms with Gasteiger partial charge in [0.15, 0.2) is 0 Å². The van der Waals surface area contributed by atoms with Crippen LogP contribution in [0.5, 0.6) is 0 Å². The molecule has 1 saturated carbocycles. The molecule has 0 bridgehead atoms. The zero-order valence-electron chi connectivity index (χ0n) is 5.85. The number of carbonyl (C=O) groups excluding carboxylic acids is 1. The maximum Gasteiger partial charge on any atom is 0.144 e. The van der Waals surface area contributed by atoms with Crippen LogP contribution in [0.15, 0.2) is 11.1 Å². The van der Waals surface area contributed by atoms with Crippen molar-refractivity contribution in [3.63, 3.8) is 0 Å². The second-order valence-electron chi connectivity index (χ2n) is 2.67. The number of aldehydes is 1. The van der Waals surface area contributed by atoms with E-state index in [9.17, 15) is 4.79 Å². The third kappa shape index (κ3) is 1.84. The zero-order valence-corrected chi connectivity index (χ0v) is 6.60. The van der Waals surface area contributed by atoms with Crippen molar-refractivity contribution in [2.45, 2.75) is 25.7 Å². The first kappa shape index (κ1) is 7.80. The van der Waals surface area contributed by atoms with Crippen molar-refractivity contribution >= 4 is 17.9 Å². The molecular formula is C8H11ClO. The molecule has 0 aromatic rings. The first-order valence-electron chi connectivity index (χ1n) is 3.65. The van der Waals surface area contributed by atoms with E-state index in [2.05, 4.69) is 0 Å². The molecule has 56 valence electrons. The minimum absolute atomic E-state index is 0.479. The monoisotopic (exact) mass is 158 g/mol. The molecule has 0 radical (unpaired) electrons. The number of allylic oxidation sites excluding steroid dienone is 2. The fourth-order valence-corrected chi connectivity index (χ4v) is 1.67. The fourth-order valence-electron chi connectivity index (χ4n) is 1.40. The Kier molecular flexibility index (Phi) is 2.94. The lowest BCUT2D eigenvalue weighted by Gasteiger charge is -2.04. The van der Waals surface area contributed by atoms with Gasteiger partial charge in [0, 0.05) is 5.03 Å². The number of hydrogen-bond acceptors (Lipinski definition) is 1. The smallest absolute Gasteiger partial charge is 0.144 e. The van der Waals surface area contributed by atoms with E-state index < -0.39 is 0 Å². The standard InChI is InChI=1S/C8H11ClO/c9-8(5-6-10)7-3-1-2-4-7/h5-7H,1-4H2/b8-5+. The van der Waals surface area contributed by atoms with Crippen molar-refractivity contribution in [2.75, 3.05) is 0 Å². The Morgan fingerprint density at radius 1 is 1.40 bits per heavy atom.